The molecule has 0 bridgehead atoms. The second-order valence-corrected chi connectivity index (χ2v) is 16.4. The highest BCUT2D eigenvalue weighted by molar-refractivity contribution is 7.92. The van der Waals surface area contributed by atoms with Crippen molar-refractivity contribution >= 4 is 37.2 Å². The van der Waals surface area contributed by atoms with Gasteiger partial charge in [-0.05, 0) is 85.2 Å². The number of carbonyl (C=O) groups excluding carboxylic acids is 1. The summed E-state index contributed by atoms with van der Waals surface area (Å²) in [6.07, 6.45) is 1.43. The minimum atomic E-state index is -4.14. The number of nitrogens with zero attached hydrogens (tertiary/aromatic N) is 1. The summed E-state index contributed by atoms with van der Waals surface area (Å²) in [6, 6.07) is 13.6. The Labute approximate surface area is 254 Å². The van der Waals surface area contributed by atoms with E-state index in [0.717, 1.165) is 17.7 Å². The van der Waals surface area contributed by atoms with E-state index < -0.39 is 48.0 Å². The number of amides is 1. The van der Waals surface area contributed by atoms with Crippen molar-refractivity contribution in [1.82, 2.24) is 4.90 Å². The van der Waals surface area contributed by atoms with E-state index in [0.29, 0.717) is 24.0 Å². The molecular formula is C31H30ClF2NO6S2. The molecule has 7 nitrogen and oxygen atoms in total. The third-order valence-electron chi connectivity index (χ3n) is 9.04. The Morgan fingerprint density at radius 1 is 1.02 bits per heavy atom. The Morgan fingerprint density at radius 3 is 2.44 bits per heavy atom. The molecule has 1 amide bonds. The number of para-hydroxylation sites is 1. The van der Waals surface area contributed by atoms with E-state index in [1.165, 1.54) is 30.3 Å². The molecule has 0 saturated carbocycles. The highest BCUT2D eigenvalue weighted by atomic mass is 35.5. The summed E-state index contributed by atoms with van der Waals surface area (Å²) in [4.78, 5) is 15.4. The summed E-state index contributed by atoms with van der Waals surface area (Å²) < 4.78 is 85.3. The van der Waals surface area contributed by atoms with Gasteiger partial charge in [0.25, 0.3) is 0 Å². The van der Waals surface area contributed by atoms with Crippen molar-refractivity contribution in [3.63, 3.8) is 0 Å². The van der Waals surface area contributed by atoms with E-state index in [2.05, 4.69) is 0 Å². The van der Waals surface area contributed by atoms with Gasteiger partial charge >= 0.3 is 0 Å². The van der Waals surface area contributed by atoms with Crippen LogP contribution in [0.4, 0.5) is 8.78 Å². The lowest BCUT2D eigenvalue weighted by molar-refractivity contribution is -0.137. The van der Waals surface area contributed by atoms with Gasteiger partial charge in [-0.25, -0.2) is 25.6 Å². The molecule has 0 N–H and O–H groups in total. The van der Waals surface area contributed by atoms with Crippen LogP contribution < -0.4 is 4.74 Å². The zero-order valence-electron chi connectivity index (χ0n) is 23.1. The van der Waals surface area contributed by atoms with E-state index in [4.69, 9.17) is 16.3 Å². The predicted octanol–water partition coefficient (Wildman–Crippen LogP) is 5.24. The minimum absolute atomic E-state index is 0.00424. The Hall–Kier alpha value is -3.02. The molecule has 228 valence electrons. The van der Waals surface area contributed by atoms with Crippen LogP contribution in [-0.4, -0.2) is 51.7 Å². The number of carbonyl (C=O) groups is 1. The van der Waals surface area contributed by atoms with Crippen molar-refractivity contribution in [2.45, 2.75) is 54.4 Å². The van der Waals surface area contributed by atoms with E-state index in [-0.39, 0.29) is 65.5 Å². The van der Waals surface area contributed by atoms with Crippen LogP contribution in [0.1, 0.15) is 42.4 Å². The Kier molecular flexibility index (Phi) is 7.79. The largest absolute Gasteiger partial charge is 0.484 e. The van der Waals surface area contributed by atoms with Gasteiger partial charge in [0, 0.05) is 12.5 Å². The first-order chi connectivity index (χ1) is 20.4. The topological polar surface area (TPSA) is 97.8 Å². The Bertz CT molecular complexity index is 1760. The van der Waals surface area contributed by atoms with E-state index in [1.807, 2.05) is 6.07 Å². The van der Waals surface area contributed by atoms with Gasteiger partial charge in [-0.2, -0.15) is 0 Å². The summed E-state index contributed by atoms with van der Waals surface area (Å²) >= 11 is 6.10. The Balaban J connectivity index is 1.37. The number of benzene rings is 3. The summed E-state index contributed by atoms with van der Waals surface area (Å²) in [5.74, 6) is -2.06. The lowest BCUT2D eigenvalue weighted by atomic mass is 9.78. The van der Waals surface area contributed by atoms with Gasteiger partial charge in [0.1, 0.15) is 27.0 Å². The number of fused-ring (bicyclic) bond motifs is 3. The van der Waals surface area contributed by atoms with Crippen LogP contribution in [0.2, 0.25) is 5.02 Å². The number of sulfone groups is 2. The summed E-state index contributed by atoms with van der Waals surface area (Å²) in [5, 5.41) is 0.136. The van der Waals surface area contributed by atoms with Crippen LogP contribution in [0.15, 0.2) is 65.6 Å². The van der Waals surface area contributed by atoms with Gasteiger partial charge in [-0.3, -0.25) is 4.79 Å². The average Bonchev–Trinajstić information content (AvgIpc) is 3.38. The molecule has 3 aromatic rings. The molecular weight excluding hydrogens is 620 g/mol. The van der Waals surface area contributed by atoms with Crippen LogP contribution >= 0.6 is 11.6 Å². The number of likely N-dealkylation sites (tertiary alicyclic amines) is 1. The van der Waals surface area contributed by atoms with Gasteiger partial charge in [0.15, 0.2) is 21.4 Å². The molecule has 0 spiro atoms. The van der Waals surface area contributed by atoms with Gasteiger partial charge in [0.05, 0.1) is 27.5 Å². The van der Waals surface area contributed by atoms with Gasteiger partial charge in [-0.1, -0.05) is 35.9 Å². The van der Waals surface area contributed by atoms with Crippen LogP contribution in [0.3, 0.4) is 0 Å². The SMILES string of the molecule is O=C(C1CCS(=O)(=O)CC1)N1CC[C@@]2(S(=O)(=O)c3ccc(F)cc3)c3ccc(COc4c(F)cccc4Cl)cc3CC[C@@H]12. The standard InChI is InChI=1S/C31H30ClF2NO6S2/c32-26-2-1-3-27(34)29(26)41-19-20-4-10-25-22(18-20)5-11-28-31(25,43(39,40)24-8-6-23(33)7-9-24)14-15-35(28)30(36)21-12-16-42(37,38)17-13-21/h1-4,6-10,18,21,28H,5,11-17,19H2/t28-,31-/m1/s1. The second-order valence-electron chi connectivity index (χ2n) is 11.4. The molecule has 12 heteroatoms. The first kappa shape index (κ1) is 30.0. The summed E-state index contributed by atoms with van der Waals surface area (Å²) in [5.41, 5.74) is 2.04. The van der Waals surface area contributed by atoms with E-state index >= 15 is 0 Å². The van der Waals surface area contributed by atoms with Crippen molar-refractivity contribution in [3.05, 3.63) is 94.0 Å². The van der Waals surface area contributed by atoms with Crippen LogP contribution in [0, 0.1) is 17.6 Å². The summed E-state index contributed by atoms with van der Waals surface area (Å²) in [6.45, 7) is 0.202. The number of hydrogen-bond donors (Lipinski definition) is 0. The molecule has 3 aromatic carbocycles. The second kappa shape index (κ2) is 11.2. The zero-order chi connectivity index (χ0) is 30.6. The zero-order valence-corrected chi connectivity index (χ0v) is 25.5. The minimum Gasteiger partial charge on any atom is -0.484 e. The highest BCUT2D eigenvalue weighted by Gasteiger charge is 2.61. The number of rotatable bonds is 6. The van der Waals surface area contributed by atoms with E-state index in [1.54, 1.807) is 17.0 Å². The third-order valence-corrected chi connectivity index (χ3v) is 13.6. The molecule has 2 saturated heterocycles. The van der Waals surface area contributed by atoms with Crippen molar-refractivity contribution in [1.29, 1.82) is 0 Å². The van der Waals surface area contributed by atoms with Crippen molar-refractivity contribution in [3.8, 4) is 5.75 Å². The van der Waals surface area contributed by atoms with Gasteiger partial charge in [0.2, 0.25) is 5.91 Å². The molecule has 1 aliphatic carbocycles. The maximum absolute atomic E-state index is 14.5. The number of hydrogen-bond acceptors (Lipinski definition) is 6. The maximum atomic E-state index is 14.5. The van der Waals surface area contributed by atoms with Gasteiger partial charge < -0.3 is 9.64 Å². The monoisotopic (exact) mass is 649 g/mol. The Morgan fingerprint density at radius 2 is 1.74 bits per heavy atom. The van der Waals surface area contributed by atoms with Crippen LogP contribution in [0.5, 0.6) is 5.75 Å². The fourth-order valence-corrected chi connectivity index (χ4v) is 11.0. The summed E-state index contributed by atoms with van der Waals surface area (Å²) in [7, 11) is -7.32. The molecule has 2 fully saturated rings. The maximum Gasteiger partial charge on any atom is 0.226 e. The molecule has 0 radical (unpaired) electrons. The highest BCUT2D eigenvalue weighted by Crippen LogP contribution is 2.53. The molecule has 43 heavy (non-hydrogen) atoms. The first-order valence-electron chi connectivity index (χ1n) is 14.1. The van der Waals surface area contributed by atoms with Gasteiger partial charge in [-0.15, -0.1) is 0 Å². The lowest BCUT2D eigenvalue weighted by Gasteiger charge is -2.43. The third kappa shape index (κ3) is 5.23. The van der Waals surface area contributed by atoms with E-state index in [9.17, 15) is 30.4 Å². The van der Waals surface area contributed by atoms with Crippen LogP contribution in [-0.2, 0) is 42.2 Å². The van der Waals surface area contributed by atoms with Crippen molar-refractivity contribution < 1.29 is 35.1 Å². The number of ether oxygens (including phenoxy) is 1. The van der Waals surface area contributed by atoms with Crippen molar-refractivity contribution in [2.24, 2.45) is 5.92 Å². The fraction of sp³-hybridized carbons (Fsp3) is 0.387. The predicted molar refractivity (Wildman–Crippen MR) is 157 cm³/mol. The molecule has 0 unspecified atom stereocenters. The lowest BCUT2D eigenvalue weighted by Crippen LogP contribution is -2.53. The quantitative estimate of drug-likeness (QED) is 0.339. The smallest absolute Gasteiger partial charge is 0.226 e. The number of halogens is 3. The first-order valence-corrected chi connectivity index (χ1v) is 17.8. The number of aryl methyl sites for hydroxylation is 1. The normalized spacial score (nSPS) is 23.4. The molecule has 0 aromatic heterocycles. The molecule has 2 heterocycles. The molecule has 2 atom stereocenters. The molecule has 3 aliphatic rings. The fourth-order valence-electron chi connectivity index (χ4n) is 6.91. The molecule has 2 aliphatic heterocycles. The average molecular weight is 650 g/mol. The molecule has 6 rings (SSSR count). The van der Waals surface area contributed by atoms with Crippen LogP contribution in [0.25, 0.3) is 0 Å². The van der Waals surface area contributed by atoms with Crippen molar-refractivity contribution in [2.75, 3.05) is 18.1 Å².